The van der Waals surface area contributed by atoms with E-state index < -0.39 is 0 Å². The van der Waals surface area contributed by atoms with Gasteiger partial charge in [-0.3, -0.25) is 0 Å². The van der Waals surface area contributed by atoms with Crippen molar-refractivity contribution in [2.45, 2.75) is 13.8 Å². The predicted octanol–water partition coefficient (Wildman–Crippen LogP) is 2.33. The first kappa shape index (κ1) is 10.4. The quantitative estimate of drug-likeness (QED) is 0.764. The molecule has 0 aliphatic heterocycles. The van der Waals surface area contributed by atoms with Crippen LogP contribution in [-0.4, -0.2) is 23.6 Å². The largest absolute Gasteiger partial charge is 0.359 e. The maximum absolute atomic E-state index is 4.18. The Morgan fingerprint density at radius 2 is 2.15 bits per heavy atom. The van der Waals surface area contributed by atoms with Gasteiger partial charge in [0.15, 0.2) is 0 Å². The zero-order chi connectivity index (χ0) is 9.84. The average Bonchev–Trinajstić information content (AvgIpc) is 2.03. The van der Waals surface area contributed by atoms with Crippen LogP contribution in [0.4, 0.5) is 5.82 Å². The highest BCUT2D eigenvalue weighted by Crippen LogP contribution is 2.14. The van der Waals surface area contributed by atoms with Crippen LogP contribution in [0.5, 0.6) is 0 Å². The molecule has 0 unspecified atom stereocenters. The number of hydrogen-bond acceptors (Lipinski definition) is 3. The second-order valence-corrected chi connectivity index (χ2v) is 4.29. The minimum absolute atomic E-state index is 0.638. The van der Waals surface area contributed by atoms with Crippen molar-refractivity contribution in [3.05, 3.63) is 17.0 Å². The van der Waals surface area contributed by atoms with Gasteiger partial charge in [0, 0.05) is 19.7 Å². The lowest BCUT2D eigenvalue weighted by Gasteiger charge is -2.19. The van der Waals surface area contributed by atoms with Crippen LogP contribution < -0.4 is 4.90 Å². The van der Waals surface area contributed by atoms with Gasteiger partial charge < -0.3 is 4.90 Å². The topological polar surface area (TPSA) is 29.0 Å². The molecule has 4 heteroatoms. The lowest BCUT2D eigenvalue weighted by atomic mass is 10.2. The Morgan fingerprint density at radius 1 is 1.46 bits per heavy atom. The molecule has 1 heterocycles. The van der Waals surface area contributed by atoms with E-state index in [0.717, 1.165) is 17.0 Å². The molecule has 0 fully saturated rings. The van der Waals surface area contributed by atoms with E-state index in [1.165, 1.54) is 0 Å². The maximum atomic E-state index is 4.18. The third kappa shape index (κ3) is 3.30. The van der Waals surface area contributed by atoms with Gasteiger partial charge in [-0.15, -0.1) is 0 Å². The molecule has 0 radical (unpaired) electrons. The van der Waals surface area contributed by atoms with E-state index in [1.807, 2.05) is 13.1 Å². The molecule has 0 N–H and O–H groups in total. The highest BCUT2D eigenvalue weighted by molar-refractivity contribution is 9.10. The summed E-state index contributed by atoms with van der Waals surface area (Å²) >= 11 is 3.32. The predicted molar refractivity (Wildman–Crippen MR) is 57.8 cm³/mol. The summed E-state index contributed by atoms with van der Waals surface area (Å²) in [6.07, 6.45) is 1.57. The first-order valence-electron chi connectivity index (χ1n) is 4.28. The Hall–Kier alpha value is -0.640. The number of aromatic nitrogens is 2. The van der Waals surface area contributed by atoms with E-state index in [0.29, 0.717) is 5.92 Å². The summed E-state index contributed by atoms with van der Waals surface area (Å²) in [6.45, 7) is 5.38. The Bertz CT molecular complexity index is 275. The first-order valence-corrected chi connectivity index (χ1v) is 5.07. The minimum Gasteiger partial charge on any atom is -0.359 e. The molecule has 3 nitrogen and oxygen atoms in total. The number of halogens is 1. The van der Waals surface area contributed by atoms with Gasteiger partial charge in [0.25, 0.3) is 0 Å². The van der Waals surface area contributed by atoms with Gasteiger partial charge in [0.1, 0.15) is 16.7 Å². The first-order chi connectivity index (χ1) is 6.09. The maximum Gasteiger partial charge on any atom is 0.132 e. The fourth-order valence-electron chi connectivity index (χ4n) is 1.17. The minimum atomic E-state index is 0.638. The third-order valence-electron chi connectivity index (χ3n) is 1.65. The molecule has 1 rings (SSSR count). The second kappa shape index (κ2) is 4.56. The second-order valence-electron chi connectivity index (χ2n) is 3.47. The van der Waals surface area contributed by atoms with Crippen molar-refractivity contribution in [2.24, 2.45) is 5.92 Å². The summed E-state index contributed by atoms with van der Waals surface area (Å²) < 4.78 is 0.827. The van der Waals surface area contributed by atoms with Crippen molar-refractivity contribution < 1.29 is 0 Å². The molecule has 0 atom stereocenters. The van der Waals surface area contributed by atoms with Gasteiger partial charge in [-0.05, 0) is 21.8 Å². The molecule has 0 spiro atoms. The van der Waals surface area contributed by atoms with Crippen LogP contribution in [0.2, 0.25) is 0 Å². The summed E-state index contributed by atoms with van der Waals surface area (Å²) in [5.74, 6) is 1.59. The van der Waals surface area contributed by atoms with E-state index in [9.17, 15) is 0 Å². The molecule has 0 aliphatic carbocycles. The molecule has 0 amide bonds. The summed E-state index contributed by atoms with van der Waals surface area (Å²) in [5.41, 5.74) is 0. The van der Waals surface area contributed by atoms with Crippen LogP contribution in [0.1, 0.15) is 13.8 Å². The number of rotatable bonds is 3. The number of anilines is 1. The monoisotopic (exact) mass is 243 g/mol. The lowest BCUT2D eigenvalue weighted by Crippen LogP contribution is -2.23. The van der Waals surface area contributed by atoms with Gasteiger partial charge in [0.2, 0.25) is 0 Å². The van der Waals surface area contributed by atoms with E-state index in [2.05, 4.69) is 44.6 Å². The van der Waals surface area contributed by atoms with E-state index in [-0.39, 0.29) is 0 Å². The van der Waals surface area contributed by atoms with E-state index in [1.54, 1.807) is 6.33 Å². The van der Waals surface area contributed by atoms with E-state index >= 15 is 0 Å². The molecule has 72 valence electrons. The van der Waals surface area contributed by atoms with Gasteiger partial charge in [-0.1, -0.05) is 13.8 Å². The Kier molecular flexibility index (Phi) is 3.66. The van der Waals surface area contributed by atoms with Crippen LogP contribution in [0.25, 0.3) is 0 Å². The summed E-state index contributed by atoms with van der Waals surface area (Å²) in [4.78, 5) is 10.3. The van der Waals surface area contributed by atoms with Crippen molar-refractivity contribution >= 4 is 21.7 Å². The molecule has 13 heavy (non-hydrogen) atoms. The van der Waals surface area contributed by atoms with Crippen molar-refractivity contribution in [1.29, 1.82) is 0 Å². The van der Waals surface area contributed by atoms with Crippen LogP contribution in [-0.2, 0) is 0 Å². The van der Waals surface area contributed by atoms with Crippen molar-refractivity contribution in [1.82, 2.24) is 9.97 Å². The van der Waals surface area contributed by atoms with Gasteiger partial charge in [-0.2, -0.15) is 0 Å². The normalized spacial score (nSPS) is 10.5. The van der Waals surface area contributed by atoms with Gasteiger partial charge in [-0.25, -0.2) is 9.97 Å². The van der Waals surface area contributed by atoms with Crippen LogP contribution in [0, 0.1) is 5.92 Å². The SMILES string of the molecule is CC(C)CN(C)c1cc(Br)ncn1. The Balaban J connectivity index is 2.71. The Labute approximate surface area is 87.3 Å². The summed E-state index contributed by atoms with van der Waals surface area (Å²) in [6, 6.07) is 1.92. The summed E-state index contributed by atoms with van der Waals surface area (Å²) in [5, 5.41) is 0. The molecular weight excluding hydrogens is 230 g/mol. The highest BCUT2D eigenvalue weighted by atomic mass is 79.9. The zero-order valence-electron chi connectivity index (χ0n) is 8.16. The fourth-order valence-corrected chi connectivity index (χ4v) is 1.47. The number of hydrogen-bond donors (Lipinski definition) is 0. The Morgan fingerprint density at radius 3 is 2.69 bits per heavy atom. The molecule has 1 aromatic heterocycles. The van der Waals surface area contributed by atoms with Gasteiger partial charge >= 0.3 is 0 Å². The molecule has 0 aliphatic rings. The molecular formula is C9H14BrN3. The molecule has 0 aromatic carbocycles. The third-order valence-corrected chi connectivity index (χ3v) is 2.08. The molecule has 0 bridgehead atoms. The fraction of sp³-hybridized carbons (Fsp3) is 0.556. The van der Waals surface area contributed by atoms with Crippen LogP contribution in [0.3, 0.4) is 0 Å². The van der Waals surface area contributed by atoms with Gasteiger partial charge in [0.05, 0.1) is 0 Å². The molecule has 0 saturated heterocycles. The van der Waals surface area contributed by atoms with Crippen molar-refractivity contribution in [2.75, 3.05) is 18.5 Å². The van der Waals surface area contributed by atoms with Crippen molar-refractivity contribution in [3.63, 3.8) is 0 Å². The van der Waals surface area contributed by atoms with Crippen LogP contribution >= 0.6 is 15.9 Å². The van der Waals surface area contributed by atoms with Crippen molar-refractivity contribution in [3.8, 4) is 0 Å². The molecule has 1 aromatic rings. The number of nitrogens with zero attached hydrogens (tertiary/aromatic N) is 3. The zero-order valence-corrected chi connectivity index (χ0v) is 9.74. The van der Waals surface area contributed by atoms with Crippen LogP contribution in [0.15, 0.2) is 17.0 Å². The molecule has 0 saturated carbocycles. The lowest BCUT2D eigenvalue weighted by molar-refractivity contribution is 0.634. The summed E-state index contributed by atoms with van der Waals surface area (Å²) in [7, 11) is 2.04. The van der Waals surface area contributed by atoms with E-state index in [4.69, 9.17) is 0 Å². The smallest absolute Gasteiger partial charge is 0.132 e. The standard InChI is InChI=1S/C9H14BrN3/c1-7(2)5-13(3)9-4-8(10)11-6-12-9/h4,6-7H,5H2,1-3H3. The average molecular weight is 244 g/mol. The highest BCUT2D eigenvalue weighted by Gasteiger charge is 2.04.